The summed E-state index contributed by atoms with van der Waals surface area (Å²) in [7, 11) is -5.77. The Bertz CT molecular complexity index is 1460. The highest BCUT2D eigenvalue weighted by molar-refractivity contribution is 7.86. The second-order valence-electron chi connectivity index (χ2n) is 17.0. The molecule has 0 unspecified atom stereocenters. The summed E-state index contributed by atoms with van der Waals surface area (Å²) < 4.78 is 48.9. The summed E-state index contributed by atoms with van der Waals surface area (Å²) in [4.78, 5) is 30.7. The molecule has 1 heterocycles. The average Bonchev–Trinajstić information content (AvgIpc) is 3.31. The van der Waals surface area contributed by atoms with Gasteiger partial charge in [-0.1, -0.05) is 95.3 Å². The molecule has 1 fully saturated rings. The summed E-state index contributed by atoms with van der Waals surface area (Å²) in [6.45, 7) is 21.7. The smallest absolute Gasteiger partial charge is 0.326 e. The van der Waals surface area contributed by atoms with Crippen LogP contribution in [0.1, 0.15) is 79.4 Å². The lowest BCUT2D eigenvalue weighted by Gasteiger charge is -2.37. The first kappa shape index (κ1) is 42.8. The molecule has 2 aromatic rings. The summed E-state index contributed by atoms with van der Waals surface area (Å²) in [5.74, 6) is -1.02. The SMILES string of the molecule is CC(C)(CCO[Si](C)(C)C(C)(C)C)COS(=O)(=O)CCOC[C@@H]1C[C@H](N(Cc2ccccc2)Cc2ccccc2)C(=O)N1CC(=O)OC(C)(C)C. The van der Waals surface area contributed by atoms with E-state index >= 15 is 0 Å². The summed E-state index contributed by atoms with van der Waals surface area (Å²) in [6, 6.07) is 19.0. The van der Waals surface area contributed by atoms with Gasteiger partial charge in [0.25, 0.3) is 10.1 Å². The molecule has 2 atom stereocenters. The highest BCUT2D eigenvalue weighted by atomic mass is 32.2. The topological polar surface area (TPSA) is 112 Å². The lowest BCUT2D eigenvalue weighted by Crippen LogP contribution is -2.45. The number of carbonyl (C=O) groups excluding carboxylic acids is 2. The minimum atomic E-state index is -3.86. The number of esters is 1. The van der Waals surface area contributed by atoms with Crippen LogP contribution < -0.4 is 0 Å². The van der Waals surface area contributed by atoms with Gasteiger partial charge in [-0.2, -0.15) is 8.42 Å². The summed E-state index contributed by atoms with van der Waals surface area (Å²) in [5, 5.41) is 0.0974. The monoisotopic (exact) mass is 746 g/mol. The third kappa shape index (κ3) is 14.4. The van der Waals surface area contributed by atoms with Crippen molar-refractivity contribution in [3.8, 4) is 0 Å². The Kier molecular flexibility index (Phi) is 15.1. The quantitative estimate of drug-likeness (QED) is 0.0664. The standard InChI is InChI=1S/C39H62N2O8SSi/c1-37(2,3)49-35(42)28-41-33(25-34(36(41)43)40(26-31-17-13-11-14-18-31)27-32-19-15-12-16-20-32)29-46-23-24-50(44,45)47-30-39(7,8)21-22-48-51(9,10)38(4,5)6/h11-20,33-34H,21-30H2,1-10H3/t33-,34-/m0/s1. The van der Waals surface area contributed by atoms with Crippen molar-refractivity contribution in [1.82, 2.24) is 9.80 Å². The van der Waals surface area contributed by atoms with Gasteiger partial charge in [-0.15, -0.1) is 0 Å². The number of likely N-dealkylation sites (tertiary alicyclic amines) is 1. The molecule has 0 radical (unpaired) electrons. The van der Waals surface area contributed by atoms with E-state index in [1.165, 1.54) is 4.90 Å². The number of rotatable bonds is 19. The fourth-order valence-corrected chi connectivity index (χ4v) is 7.50. The van der Waals surface area contributed by atoms with Crippen LogP contribution in [0.2, 0.25) is 18.1 Å². The Labute approximate surface area is 308 Å². The fraction of sp³-hybridized carbons (Fsp3) is 0.641. The van der Waals surface area contributed by atoms with Crippen molar-refractivity contribution in [2.45, 2.75) is 117 Å². The van der Waals surface area contributed by atoms with Crippen molar-refractivity contribution >= 4 is 30.3 Å². The molecule has 0 aromatic heterocycles. The highest BCUT2D eigenvalue weighted by Gasteiger charge is 2.44. The van der Waals surface area contributed by atoms with Crippen LogP contribution in [0.4, 0.5) is 0 Å². The molecule has 286 valence electrons. The van der Waals surface area contributed by atoms with Gasteiger partial charge in [-0.25, -0.2) is 0 Å². The first-order valence-electron chi connectivity index (χ1n) is 18.0. The number of benzene rings is 2. The number of nitrogens with zero attached hydrogens (tertiary/aromatic N) is 2. The van der Waals surface area contributed by atoms with E-state index in [0.29, 0.717) is 32.5 Å². The zero-order valence-corrected chi connectivity index (χ0v) is 34.4. The molecular formula is C39H62N2O8SSi. The van der Waals surface area contributed by atoms with Crippen LogP contribution in [0.5, 0.6) is 0 Å². The Morgan fingerprint density at radius 2 is 1.43 bits per heavy atom. The van der Waals surface area contributed by atoms with Gasteiger partial charge in [0.2, 0.25) is 5.91 Å². The molecule has 12 heteroatoms. The molecule has 0 saturated carbocycles. The Morgan fingerprint density at radius 3 is 1.94 bits per heavy atom. The molecule has 1 aliphatic rings. The second kappa shape index (κ2) is 17.9. The molecule has 1 aliphatic heterocycles. The van der Waals surface area contributed by atoms with E-state index in [1.807, 2.05) is 74.5 Å². The van der Waals surface area contributed by atoms with Crippen LogP contribution in [0, 0.1) is 5.41 Å². The molecular weight excluding hydrogens is 685 g/mol. The van der Waals surface area contributed by atoms with E-state index in [0.717, 1.165) is 11.1 Å². The summed E-state index contributed by atoms with van der Waals surface area (Å²) in [5.41, 5.74) is 1.02. The Morgan fingerprint density at radius 1 is 0.882 bits per heavy atom. The minimum absolute atomic E-state index is 0.0390. The third-order valence-electron chi connectivity index (χ3n) is 9.59. The number of carbonyl (C=O) groups is 2. The molecule has 0 N–H and O–H groups in total. The molecule has 10 nitrogen and oxygen atoms in total. The normalized spacial score (nSPS) is 17.7. The number of hydrogen-bond acceptors (Lipinski definition) is 9. The van der Waals surface area contributed by atoms with Crippen molar-refractivity contribution in [1.29, 1.82) is 0 Å². The van der Waals surface area contributed by atoms with Gasteiger partial charge in [0.05, 0.1) is 37.7 Å². The maximum absolute atomic E-state index is 14.1. The second-order valence-corrected chi connectivity index (χ2v) is 23.5. The van der Waals surface area contributed by atoms with Gasteiger partial charge >= 0.3 is 5.97 Å². The summed E-state index contributed by atoms with van der Waals surface area (Å²) in [6.07, 6.45) is 1.08. The average molecular weight is 747 g/mol. The van der Waals surface area contributed by atoms with E-state index in [1.54, 1.807) is 20.8 Å². The number of amides is 1. The molecule has 51 heavy (non-hydrogen) atoms. The highest BCUT2D eigenvalue weighted by Crippen LogP contribution is 2.37. The van der Waals surface area contributed by atoms with Crippen molar-refractivity contribution in [2.75, 3.05) is 38.7 Å². The lowest BCUT2D eigenvalue weighted by atomic mass is 9.91. The maximum atomic E-state index is 14.1. The van der Waals surface area contributed by atoms with E-state index in [4.69, 9.17) is 18.1 Å². The van der Waals surface area contributed by atoms with Crippen molar-refractivity contribution < 1.29 is 36.1 Å². The summed E-state index contributed by atoms with van der Waals surface area (Å²) >= 11 is 0. The van der Waals surface area contributed by atoms with Crippen molar-refractivity contribution in [3.63, 3.8) is 0 Å². The van der Waals surface area contributed by atoms with Crippen LogP contribution >= 0.6 is 0 Å². The van der Waals surface area contributed by atoms with Crippen LogP contribution in [0.3, 0.4) is 0 Å². The van der Waals surface area contributed by atoms with Crippen LogP contribution in [0.15, 0.2) is 60.7 Å². The predicted octanol–water partition coefficient (Wildman–Crippen LogP) is 6.80. The van der Waals surface area contributed by atoms with Crippen LogP contribution in [0.25, 0.3) is 0 Å². The van der Waals surface area contributed by atoms with Gasteiger partial charge in [0.15, 0.2) is 8.32 Å². The van der Waals surface area contributed by atoms with Gasteiger partial charge < -0.3 is 18.8 Å². The molecule has 2 aromatic carbocycles. The van der Waals surface area contributed by atoms with E-state index in [2.05, 4.69) is 38.8 Å². The van der Waals surface area contributed by atoms with Gasteiger partial charge in [0, 0.05) is 19.7 Å². The van der Waals surface area contributed by atoms with Crippen LogP contribution in [-0.4, -0.2) is 94.8 Å². The largest absolute Gasteiger partial charge is 0.459 e. The Balaban J connectivity index is 1.64. The number of ether oxygens (including phenoxy) is 2. The fourth-order valence-electron chi connectivity index (χ4n) is 5.51. The molecule has 1 amide bonds. The molecule has 1 saturated heterocycles. The van der Waals surface area contributed by atoms with Gasteiger partial charge in [-0.3, -0.25) is 18.7 Å². The van der Waals surface area contributed by atoms with Crippen LogP contribution in [-0.2, 0) is 50.9 Å². The van der Waals surface area contributed by atoms with Gasteiger partial charge in [0.1, 0.15) is 12.1 Å². The minimum Gasteiger partial charge on any atom is -0.459 e. The first-order valence-corrected chi connectivity index (χ1v) is 22.5. The maximum Gasteiger partial charge on any atom is 0.326 e. The van der Waals surface area contributed by atoms with Crippen molar-refractivity contribution in [2.24, 2.45) is 5.41 Å². The first-order chi connectivity index (χ1) is 23.6. The molecule has 0 bridgehead atoms. The molecule has 3 rings (SSSR count). The zero-order chi connectivity index (χ0) is 38.1. The van der Waals surface area contributed by atoms with E-state index in [-0.39, 0.29) is 43.1 Å². The van der Waals surface area contributed by atoms with E-state index in [9.17, 15) is 18.0 Å². The third-order valence-corrected chi connectivity index (χ3v) is 15.3. The molecule has 0 spiro atoms. The predicted molar refractivity (Wildman–Crippen MR) is 204 cm³/mol. The van der Waals surface area contributed by atoms with Gasteiger partial charge in [-0.05, 0) is 68.3 Å². The Hall–Kier alpha value is -2.61. The number of hydrogen-bond donors (Lipinski definition) is 0. The van der Waals surface area contributed by atoms with E-state index < -0.39 is 47.5 Å². The molecule has 0 aliphatic carbocycles. The van der Waals surface area contributed by atoms with Crippen molar-refractivity contribution in [3.05, 3.63) is 71.8 Å². The lowest BCUT2D eigenvalue weighted by molar-refractivity contribution is -0.159. The zero-order valence-electron chi connectivity index (χ0n) is 32.6.